The molecular weight excluding hydrogens is 402 g/mol. The average Bonchev–Trinajstić information content (AvgIpc) is 3.34. The molecule has 6 heteroatoms. The number of hydrogen-bond acceptors (Lipinski definition) is 3. The number of H-pyrrole nitrogens is 1. The van der Waals surface area contributed by atoms with Gasteiger partial charge in [-0.2, -0.15) is 0 Å². The molecule has 2 aliphatic rings. The Labute approximate surface area is 186 Å². The zero-order valence-electron chi connectivity index (χ0n) is 18.1. The monoisotopic (exact) mass is 427 g/mol. The standard InChI is InChI=1S/C26H25N3O3/c1-17-8-9-20-21(15-17)26(32)29(25(20)31)12-4-7-24(30)28-13-10-18(11-14-28)22-16-27-23-6-3-2-5-19(22)23/h2-3,5-6,8-10,15-16,27H,4,7,11-14H2,1H3. The number of carbonyl (C=O) groups is 3. The molecule has 0 atom stereocenters. The molecule has 0 aliphatic carbocycles. The van der Waals surface area contributed by atoms with E-state index in [1.165, 1.54) is 21.4 Å². The molecule has 0 saturated carbocycles. The first-order valence-electron chi connectivity index (χ1n) is 11.0. The molecule has 6 nitrogen and oxygen atoms in total. The number of para-hydroxylation sites is 1. The van der Waals surface area contributed by atoms with Crippen molar-refractivity contribution in [2.24, 2.45) is 0 Å². The van der Waals surface area contributed by atoms with Crippen LogP contribution >= 0.6 is 0 Å². The van der Waals surface area contributed by atoms with Crippen LogP contribution in [0.5, 0.6) is 0 Å². The van der Waals surface area contributed by atoms with Crippen LogP contribution in [0.3, 0.4) is 0 Å². The fourth-order valence-corrected chi connectivity index (χ4v) is 4.63. The van der Waals surface area contributed by atoms with Crippen molar-refractivity contribution >= 4 is 34.2 Å². The summed E-state index contributed by atoms with van der Waals surface area (Å²) < 4.78 is 0. The highest BCUT2D eigenvalue weighted by Crippen LogP contribution is 2.29. The number of fused-ring (bicyclic) bond motifs is 2. The van der Waals surface area contributed by atoms with Gasteiger partial charge in [0.05, 0.1) is 11.1 Å². The number of imide groups is 1. The highest BCUT2D eigenvalue weighted by molar-refractivity contribution is 6.21. The molecule has 0 spiro atoms. The summed E-state index contributed by atoms with van der Waals surface area (Å²) in [6.07, 6.45) is 5.77. The second kappa shape index (κ2) is 8.11. The van der Waals surface area contributed by atoms with Crippen molar-refractivity contribution in [2.75, 3.05) is 19.6 Å². The number of hydrogen-bond donors (Lipinski definition) is 1. The molecule has 3 heterocycles. The topological polar surface area (TPSA) is 73.5 Å². The Morgan fingerprint density at radius 2 is 1.84 bits per heavy atom. The summed E-state index contributed by atoms with van der Waals surface area (Å²) in [4.78, 5) is 44.2. The predicted molar refractivity (Wildman–Crippen MR) is 123 cm³/mol. The molecule has 3 amide bonds. The molecule has 162 valence electrons. The van der Waals surface area contributed by atoms with Crippen LogP contribution in [-0.4, -0.2) is 52.1 Å². The second-order valence-corrected chi connectivity index (χ2v) is 8.48. The van der Waals surface area contributed by atoms with Crippen LogP contribution in [-0.2, 0) is 4.79 Å². The molecule has 2 aromatic carbocycles. The Hall–Kier alpha value is -3.67. The predicted octanol–water partition coefficient (Wildman–Crippen LogP) is 4.17. The van der Waals surface area contributed by atoms with E-state index in [2.05, 4.69) is 23.2 Å². The zero-order valence-corrected chi connectivity index (χ0v) is 18.1. The first-order chi connectivity index (χ1) is 15.5. The lowest BCUT2D eigenvalue weighted by Crippen LogP contribution is -2.36. The molecular formula is C26H25N3O3. The van der Waals surface area contributed by atoms with Crippen molar-refractivity contribution in [3.8, 4) is 0 Å². The third kappa shape index (κ3) is 3.51. The smallest absolute Gasteiger partial charge is 0.261 e. The SMILES string of the molecule is Cc1ccc2c(c1)C(=O)N(CCCC(=O)N1CC=C(c3c[nH]c4ccccc34)CC1)C2=O. The van der Waals surface area contributed by atoms with Gasteiger partial charge in [0.1, 0.15) is 0 Å². The molecule has 0 radical (unpaired) electrons. The van der Waals surface area contributed by atoms with Crippen LogP contribution in [0.4, 0.5) is 0 Å². The van der Waals surface area contributed by atoms with E-state index in [-0.39, 0.29) is 24.3 Å². The Balaban J connectivity index is 1.17. The van der Waals surface area contributed by atoms with Gasteiger partial charge in [-0.05, 0) is 43.5 Å². The van der Waals surface area contributed by atoms with Crippen molar-refractivity contribution in [1.82, 2.24) is 14.8 Å². The van der Waals surface area contributed by atoms with E-state index < -0.39 is 0 Å². The van der Waals surface area contributed by atoms with Gasteiger partial charge in [-0.3, -0.25) is 19.3 Å². The highest BCUT2D eigenvalue weighted by atomic mass is 16.2. The first-order valence-corrected chi connectivity index (χ1v) is 11.0. The van der Waals surface area contributed by atoms with Crippen molar-refractivity contribution in [1.29, 1.82) is 0 Å². The number of carbonyl (C=O) groups excluding carboxylic acids is 3. The van der Waals surface area contributed by atoms with E-state index in [1.54, 1.807) is 12.1 Å². The van der Waals surface area contributed by atoms with Gasteiger partial charge in [0, 0.05) is 48.7 Å². The average molecular weight is 428 g/mol. The number of nitrogens with zero attached hydrogens (tertiary/aromatic N) is 2. The summed E-state index contributed by atoms with van der Waals surface area (Å²) >= 11 is 0. The van der Waals surface area contributed by atoms with E-state index in [0.29, 0.717) is 37.1 Å². The van der Waals surface area contributed by atoms with Crippen LogP contribution in [0, 0.1) is 6.92 Å². The maximum absolute atomic E-state index is 12.7. The van der Waals surface area contributed by atoms with E-state index in [9.17, 15) is 14.4 Å². The minimum Gasteiger partial charge on any atom is -0.361 e. The fourth-order valence-electron chi connectivity index (χ4n) is 4.63. The first kappa shape index (κ1) is 20.2. The number of nitrogens with one attached hydrogen (secondary N) is 1. The van der Waals surface area contributed by atoms with E-state index >= 15 is 0 Å². The van der Waals surface area contributed by atoms with Crippen LogP contribution in [0.1, 0.15) is 51.1 Å². The third-order valence-electron chi connectivity index (χ3n) is 6.40. The summed E-state index contributed by atoms with van der Waals surface area (Å²) in [5.41, 5.74) is 5.45. The zero-order chi connectivity index (χ0) is 22.2. The maximum Gasteiger partial charge on any atom is 0.261 e. The van der Waals surface area contributed by atoms with Gasteiger partial charge >= 0.3 is 0 Å². The maximum atomic E-state index is 12.7. The number of aromatic amines is 1. The number of aromatic nitrogens is 1. The quantitative estimate of drug-likeness (QED) is 0.621. The van der Waals surface area contributed by atoms with Gasteiger partial charge in [0.15, 0.2) is 0 Å². The van der Waals surface area contributed by atoms with Gasteiger partial charge in [-0.15, -0.1) is 0 Å². The van der Waals surface area contributed by atoms with Gasteiger partial charge in [-0.25, -0.2) is 0 Å². The lowest BCUT2D eigenvalue weighted by Gasteiger charge is -2.27. The summed E-state index contributed by atoms with van der Waals surface area (Å²) in [7, 11) is 0. The third-order valence-corrected chi connectivity index (χ3v) is 6.40. The highest BCUT2D eigenvalue weighted by Gasteiger charge is 2.35. The minimum atomic E-state index is -0.262. The number of rotatable bonds is 5. The summed E-state index contributed by atoms with van der Waals surface area (Å²) in [5, 5.41) is 1.20. The van der Waals surface area contributed by atoms with Crippen molar-refractivity contribution in [3.63, 3.8) is 0 Å². The molecule has 0 unspecified atom stereocenters. The van der Waals surface area contributed by atoms with Gasteiger partial charge in [-0.1, -0.05) is 35.9 Å². The van der Waals surface area contributed by atoms with Gasteiger partial charge in [0.2, 0.25) is 5.91 Å². The second-order valence-electron chi connectivity index (χ2n) is 8.48. The molecule has 5 rings (SSSR count). The summed E-state index contributed by atoms with van der Waals surface area (Å²) in [6.45, 7) is 3.42. The van der Waals surface area contributed by atoms with E-state index in [4.69, 9.17) is 0 Å². The molecule has 0 fully saturated rings. The molecule has 2 aliphatic heterocycles. The van der Waals surface area contributed by atoms with Crippen LogP contribution in [0.15, 0.2) is 54.7 Å². The fraction of sp³-hybridized carbons (Fsp3) is 0.269. The molecule has 0 bridgehead atoms. The van der Waals surface area contributed by atoms with Gasteiger partial charge < -0.3 is 9.88 Å². The number of aryl methyl sites for hydroxylation is 1. The summed E-state index contributed by atoms with van der Waals surface area (Å²) in [6, 6.07) is 13.5. The normalized spacial score (nSPS) is 16.0. The number of benzene rings is 2. The minimum absolute atomic E-state index is 0.0617. The van der Waals surface area contributed by atoms with Crippen molar-refractivity contribution in [3.05, 3.63) is 77.0 Å². The Bertz CT molecular complexity index is 1270. The lowest BCUT2D eigenvalue weighted by atomic mass is 9.98. The lowest BCUT2D eigenvalue weighted by molar-refractivity contribution is -0.130. The largest absolute Gasteiger partial charge is 0.361 e. The van der Waals surface area contributed by atoms with E-state index in [0.717, 1.165) is 17.5 Å². The molecule has 0 saturated heterocycles. The van der Waals surface area contributed by atoms with Crippen LogP contribution < -0.4 is 0 Å². The van der Waals surface area contributed by atoms with Crippen LogP contribution in [0.25, 0.3) is 16.5 Å². The molecule has 3 aromatic rings. The van der Waals surface area contributed by atoms with E-state index in [1.807, 2.05) is 36.2 Å². The van der Waals surface area contributed by atoms with Crippen molar-refractivity contribution in [2.45, 2.75) is 26.2 Å². The van der Waals surface area contributed by atoms with Crippen LogP contribution in [0.2, 0.25) is 0 Å². The summed E-state index contributed by atoms with van der Waals surface area (Å²) in [5.74, 6) is -0.459. The Morgan fingerprint density at radius 1 is 1.03 bits per heavy atom. The number of amides is 3. The molecule has 32 heavy (non-hydrogen) atoms. The Kier molecular flexibility index (Phi) is 5.13. The van der Waals surface area contributed by atoms with Gasteiger partial charge in [0.25, 0.3) is 11.8 Å². The van der Waals surface area contributed by atoms with Crippen molar-refractivity contribution < 1.29 is 14.4 Å². The molecule has 1 aromatic heterocycles. The molecule has 1 N–H and O–H groups in total. The Morgan fingerprint density at radius 3 is 2.66 bits per heavy atom.